The number of amides is 1. The standard InChI is InChI=1S/C30H31F4N5O5S/c1-27(2,3)45(42)39-28(4)14-44-25-19(28)12-22(38-23(25)16-6-8-18(31)9-7-16)29(41,30(32,33)34)13-35-26(40)17-10-20-24(37-15-36-20)21(11-17)43-5/h6-12,15,39,41H,13-14H2,1-5H3,(H,35,40)(H,36,37)/t28-,29-,45?/m1/s1. The van der Waals surface area contributed by atoms with Crippen molar-refractivity contribution in [3.63, 3.8) is 0 Å². The number of hydrogen-bond donors (Lipinski definition) is 4. The summed E-state index contributed by atoms with van der Waals surface area (Å²) in [6, 6.07) is 8.58. The summed E-state index contributed by atoms with van der Waals surface area (Å²) in [7, 11) is -0.316. The molecule has 0 bridgehead atoms. The van der Waals surface area contributed by atoms with Crippen molar-refractivity contribution >= 4 is 27.9 Å². The highest BCUT2D eigenvalue weighted by molar-refractivity contribution is 7.84. The van der Waals surface area contributed by atoms with Gasteiger partial charge in [0.25, 0.3) is 5.91 Å². The van der Waals surface area contributed by atoms with Gasteiger partial charge in [-0.2, -0.15) is 13.2 Å². The molecule has 0 saturated carbocycles. The van der Waals surface area contributed by atoms with E-state index in [1.165, 1.54) is 37.7 Å². The largest absolute Gasteiger partial charge is 0.494 e. The maximum absolute atomic E-state index is 14.8. The maximum atomic E-state index is 14.8. The summed E-state index contributed by atoms with van der Waals surface area (Å²) in [6.07, 6.45) is -3.96. The number of aromatic amines is 1. The minimum absolute atomic E-state index is 0.0446. The summed E-state index contributed by atoms with van der Waals surface area (Å²) in [5.74, 6) is -1.21. The van der Waals surface area contributed by atoms with E-state index in [1.807, 2.05) is 0 Å². The lowest BCUT2D eigenvalue weighted by molar-refractivity contribution is -0.265. The predicted molar refractivity (Wildman–Crippen MR) is 158 cm³/mol. The van der Waals surface area contributed by atoms with Gasteiger partial charge in [-0.25, -0.2) is 23.3 Å². The van der Waals surface area contributed by atoms with Crippen molar-refractivity contribution in [3.8, 4) is 22.8 Å². The van der Waals surface area contributed by atoms with E-state index >= 15 is 0 Å². The van der Waals surface area contributed by atoms with Gasteiger partial charge >= 0.3 is 6.18 Å². The van der Waals surface area contributed by atoms with Gasteiger partial charge in [-0.1, -0.05) is 0 Å². The molecule has 4 N–H and O–H groups in total. The topological polar surface area (TPSA) is 138 Å². The third kappa shape index (κ3) is 5.99. The Morgan fingerprint density at radius 3 is 2.49 bits per heavy atom. The number of methoxy groups -OCH3 is 1. The molecule has 5 rings (SSSR count). The Morgan fingerprint density at radius 2 is 1.87 bits per heavy atom. The van der Waals surface area contributed by atoms with Crippen LogP contribution in [0, 0.1) is 5.82 Å². The number of carbonyl (C=O) groups excluding carboxylic acids is 1. The number of pyridine rings is 1. The molecule has 1 aliphatic rings. The lowest BCUT2D eigenvalue weighted by atomic mass is 9.89. The summed E-state index contributed by atoms with van der Waals surface area (Å²) in [6.45, 7) is 5.34. The third-order valence-corrected chi connectivity index (χ3v) is 9.18. The van der Waals surface area contributed by atoms with Crippen LogP contribution in [0.3, 0.4) is 0 Å². The Balaban J connectivity index is 1.59. The number of aromatic nitrogens is 3. The normalized spacial score (nSPS) is 18.6. The first-order chi connectivity index (χ1) is 21.0. The fourth-order valence-electron chi connectivity index (χ4n) is 4.79. The number of hydrogen-bond acceptors (Lipinski definition) is 7. The smallest absolute Gasteiger partial charge is 0.424 e. The van der Waals surface area contributed by atoms with E-state index in [0.29, 0.717) is 11.0 Å². The van der Waals surface area contributed by atoms with Crippen LogP contribution in [0.4, 0.5) is 17.6 Å². The average Bonchev–Trinajstić information content (AvgIpc) is 3.58. The summed E-state index contributed by atoms with van der Waals surface area (Å²) in [5, 5.41) is 13.5. The molecule has 3 atom stereocenters. The first kappa shape index (κ1) is 32.3. The van der Waals surface area contributed by atoms with Crippen molar-refractivity contribution in [2.75, 3.05) is 20.3 Å². The molecule has 1 amide bonds. The molecule has 45 heavy (non-hydrogen) atoms. The molecular formula is C30H31F4N5O5S. The molecular weight excluding hydrogens is 618 g/mol. The van der Waals surface area contributed by atoms with Crippen molar-refractivity contribution < 1.29 is 41.1 Å². The molecule has 240 valence electrons. The molecule has 0 spiro atoms. The van der Waals surface area contributed by atoms with E-state index in [-0.39, 0.29) is 40.5 Å². The van der Waals surface area contributed by atoms with Crippen LogP contribution in [0.2, 0.25) is 0 Å². The molecule has 0 fully saturated rings. The van der Waals surface area contributed by atoms with Gasteiger partial charge in [-0.3, -0.25) is 4.79 Å². The zero-order valence-corrected chi connectivity index (χ0v) is 25.7. The van der Waals surface area contributed by atoms with Gasteiger partial charge in [0.2, 0.25) is 5.60 Å². The van der Waals surface area contributed by atoms with Gasteiger partial charge in [0.05, 0.1) is 52.5 Å². The van der Waals surface area contributed by atoms with E-state index in [4.69, 9.17) is 9.47 Å². The fraction of sp³-hybridized carbons (Fsp3) is 0.367. The maximum Gasteiger partial charge on any atom is 0.424 e. The molecule has 3 heterocycles. The van der Waals surface area contributed by atoms with Gasteiger partial charge in [-0.05, 0) is 70.2 Å². The van der Waals surface area contributed by atoms with Gasteiger partial charge < -0.3 is 24.9 Å². The molecule has 0 saturated heterocycles. The number of H-pyrrole nitrogens is 1. The third-order valence-electron chi connectivity index (χ3n) is 7.43. The lowest BCUT2D eigenvalue weighted by Crippen LogP contribution is -2.52. The lowest BCUT2D eigenvalue weighted by Gasteiger charge is -2.32. The van der Waals surface area contributed by atoms with E-state index in [2.05, 4.69) is 25.0 Å². The number of aliphatic hydroxyl groups is 1. The number of rotatable bonds is 8. The molecule has 1 aliphatic heterocycles. The zero-order valence-electron chi connectivity index (χ0n) is 24.9. The van der Waals surface area contributed by atoms with Crippen LogP contribution in [0.1, 0.15) is 49.3 Å². The Kier molecular flexibility index (Phi) is 8.17. The number of carbonyl (C=O) groups is 1. The molecule has 15 heteroatoms. The highest BCUT2D eigenvalue weighted by atomic mass is 32.2. The second kappa shape index (κ2) is 11.4. The van der Waals surface area contributed by atoms with Crippen molar-refractivity contribution in [2.45, 2.75) is 49.8 Å². The molecule has 4 aromatic rings. The van der Waals surface area contributed by atoms with E-state index in [0.717, 1.165) is 18.2 Å². The van der Waals surface area contributed by atoms with Crippen LogP contribution >= 0.6 is 0 Å². The average molecular weight is 650 g/mol. The summed E-state index contributed by atoms with van der Waals surface area (Å²) < 4.78 is 84.7. The van der Waals surface area contributed by atoms with Crippen molar-refractivity contribution in [1.82, 2.24) is 25.0 Å². The summed E-state index contributed by atoms with van der Waals surface area (Å²) in [4.78, 5) is 24.2. The number of benzene rings is 2. The van der Waals surface area contributed by atoms with Crippen molar-refractivity contribution in [3.05, 3.63) is 71.4 Å². The number of halogens is 4. The highest BCUT2D eigenvalue weighted by Crippen LogP contribution is 2.47. The van der Waals surface area contributed by atoms with Crippen LogP contribution in [0.5, 0.6) is 11.5 Å². The molecule has 2 aromatic carbocycles. The van der Waals surface area contributed by atoms with Crippen LogP contribution in [-0.2, 0) is 22.1 Å². The van der Waals surface area contributed by atoms with E-state index in [9.17, 15) is 31.7 Å². The molecule has 2 aromatic heterocycles. The minimum Gasteiger partial charge on any atom is -0.494 e. The first-order valence-corrected chi connectivity index (χ1v) is 14.8. The number of imidazole rings is 1. The van der Waals surface area contributed by atoms with E-state index < -0.39 is 57.0 Å². The number of nitrogens with zero attached hydrogens (tertiary/aromatic N) is 2. The Labute approximate surface area is 258 Å². The first-order valence-electron chi connectivity index (χ1n) is 13.7. The van der Waals surface area contributed by atoms with Crippen molar-refractivity contribution in [2.24, 2.45) is 0 Å². The number of fused-ring (bicyclic) bond motifs is 2. The van der Waals surface area contributed by atoms with Gasteiger partial charge in [-0.15, -0.1) is 0 Å². The quantitative estimate of drug-likeness (QED) is 0.205. The molecule has 1 unspecified atom stereocenters. The Bertz CT molecular complexity index is 1790. The zero-order chi connectivity index (χ0) is 32.9. The monoisotopic (exact) mass is 649 g/mol. The highest BCUT2D eigenvalue weighted by Gasteiger charge is 2.57. The van der Waals surface area contributed by atoms with Gasteiger partial charge in [0, 0.05) is 16.7 Å². The minimum atomic E-state index is -5.33. The Hall–Kier alpha value is -4.08. The second-order valence-corrected chi connectivity index (χ2v) is 13.8. The number of ether oxygens (including phenoxy) is 2. The molecule has 0 aliphatic carbocycles. The van der Waals surface area contributed by atoms with Gasteiger partial charge in [0.15, 0.2) is 5.75 Å². The molecule has 10 nitrogen and oxygen atoms in total. The predicted octanol–water partition coefficient (Wildman–Crippen LogP) is 4.61. The van der Waals surface area contributed by atoms with Crippen LogP contribution in [0.15, 0.2) is 48.8 Å². The van der Waals surface area contributed by atoms with Crippen LogP contribution < -0.4 is 19.5 Å². The SMILES string of the molecule is COc1cc(C(=O)NC[C@@](O)(c2cc3c(c(-c4ccc(F)cc4)n2)OC[C@@]3(C)NS(=O)C(C)(C)C)C(F)(F)F)cc2[nH]cnc12. The van der Waals surface area contributed by atoms with Crippen LogP contribution in [0.25, 0.3) is 22.3 Å². The number of alkyl halides is 3. The summed E-state index contributed by atoms with van der Waals surface area (Å²) in [5.41, 5.74) is -4.77. The van der Waals surface area contributed by atoms with E-state index in [1.54, 1.807) is 27.7 Å². The van der Waals surface area contributed by atoms with Crippen molar-refractivity contribution in [1.29, 1.82) is 0 Å². The van der Waals surface area contributed by atoms with Crippen LogP contribution in [-0.4, -0.2) is 61.4 Å². The Morgan fingerprint density at radius 1 is 1.18 bits per heavy atom. The van der Waals surface area contributed by atoms with Gasteiger partial charge in [0.1, 0.15) is 29.4 Å². The second-order valence-electron chi connectivity index (χ2n) is 11.9. The molecule has 0 radical (unpaired) electrons. The fourth-order valence-corrected chi connectivity index (χ4v) is 5.68. The summed E-state index contributed by atoms with van der Waals surface area (Å²) >= 11 is 0. The number of nitrogens with one attached hydrogen (secondary N) is 3.